The lowest BCUT2D eigenvalue weighted by molar-refractivity contribution is 0.413. The Balaban J connectivity index is 1.49. The summed E-state index contributed by atoms with van der Waals surface area (Å²) in [6.45, 7) is 1.96. The molecular weight excluding hydrogens is 404 g/mol. The zero-order valence-corrected chi connectivity index (χ0v) is 17.4. The third-order valence-corrected chi connectivity index (χ3v) is 5.44. The molecule has 0 spiro atoms. The average Bonchev–Trinajstić information content (AvgIpc) is 3.55. The van der Waals surface area contributed by atoms with Gasteiger partial charge in [-0.25, -0.2) is 15.0 Å². The highest BCUT2D eigenvalue weighted by Crippen LogP contribution is 2.32. The van der Waals surface area contributed by atoms with Gasteiger partial charge in [0.05, 0.1) is 35.9 Å². The van der Waals surface area contributed by atoms with Gasteiger partial charge < -0.3 is 9.72 Å². The minimum Gasteiger partial charge on any atom is -0.495 e. The molecule has 0 atom stereocenters. The summed E-state index contributed by atoms with van der Waals surface area (Å²) >= 11 is 0. The molecule has 6 heterocycles. The molecule has 6 aromatic heterocycles. The minimum absolute atomic E-state index is 0.641. The van der Waals surface area contributed by atoms with Crippen LogP contribution in [0.1, 0.15) is 5.69 Å². The first kappa shape index (κ1) is 18.3. The number of fused-ring (bicyclic) bond motifs is 2. The van der Waals surface area contributed by atoms with Crippen LogP contribution in [0.3, 0.4) is 0 Å². The van der Waals surface area contributed by atoms with Crippen molar-refractivity contribution in [1.29, 1.82) is 0 Å². The number of pyridine rings is 3. The highest BCUT2D eigenvalue weighted by atomic mass is 16.5. The van der Waals surface area contributed by atoms with E-state index in [9.17, 15) is 0 Å². The van der Waals surface area contributed by atoms with Gasteiger partial charge in [0, 0.05) is 46.7 Å². The van der Waals surface area contributed by atoms with Crippen LogP contribution in [0.5, 0.6) is 5.75 Å². The van der Waals surface area contributed by atoms with Crippen LogP contribution in [0.2, 0.25) is 0 Å². The lowest BCUT2D eigenvalue weighted by atomic mass is 10.1. The second-order valence-corrected chi connectivity index (χ2v) is 7.51. The number of rotatable bonds is 4. The minimum atomic E-state index is 0.641. The van der Waals surface area contributed by atoms with Crippen LogP contribution < -0.4 is 4.74 Å². The number of H-pyrrole nitrogens is 2. The summed E-state index contributed by atoms with van der Waals surface area (Å²) in [6, 6.07) is 8.01. The molecule has 9 heteroatoms. The fraction of sp³-hybridized carbons (Fsp3) is 0.0870. The third kappa shape index (κ3) is 2.90. The SMILES string of the molecule is COc1cncc(-c2cnc3n[nH]c(-c4cc5c(-n6cnc(C)c6)nccc5[nH]4)c3c2)c1. The number of hydrogen-bond donors (Lipinski definition) is 2. The molecule has 32 heavy (non-hydrogen) atoms. The zero-order chi connectivity index (χ0) is 21.7. The molecule has 156 valence electrons. The predicted octanol–water partition coefficient (Wildman–Crippen LogP) is 4.07. The van der Waals surface area contributed by atoms with E-state index in [4.69, 9.17) is 4.74 Å². The number of hydrogen-bond acceptors (Lipinski definition) is 6. The van der Waals surface area contributed by atoms with Crippen molar-refractivity contribution < 1.29 is 4.74 Å². The van der Waals surface area contributed by atoms with Gasteiger partial charge in [-0.2, -0.15) is 5.10 Å². The molecule has 9 nitrogen and oxygen atoms in total. The maximum atomic E-state index is 5.31. The Bertz CT molecular complexity index is 1590. The molecule has 0 aliphatic heterocycles. The van der Waals surface area contributed by atoms with Crippen LogP contribution in [0.15, 0.2) is 61.6 Å². The van der Waals surface area contributed by atoms with Crippen molar-refractivity contribution in [2.75, 3.05) is 7.11 Å². The quantitative estimate of drug-likeness (QED) is 0.443. The molecule has 0 fully saturated rings. The van der Waals surface area contributed by atoms with Crippen molar-refractivity contribution in [1.82, 2.24) is 39.7 Å². The van der Waals surface area contributed by atoms with Crippen molar-refractivity contribution in [2.24, 2.45) is 0 Å². The summed E-state index contributed by atoms with van der Waals surface area (Å²) in [7, 11) is 1.63. The molecule has 0 saturated heterocycles. The summed E-state index contributed by atoms with van der Waals surface area (Å²) in [4.78, 5) is 21.1. The van der Waals surface area contributed by atoms with Crippen LogP contribution in [0, 0.1) is 6.92 Å². The summed E-state index contributed by atoms with van der Waals surface area (Å²) in [5, 5.41) is 9.42. The maximum Gasteiger partial charge on any atom is 0.181 e. The van der Waals surface area contributed by atoms with E-state index in [1.165, 1.54) is 0 Å². The van der Waals surface area contributed by atoms with Gasteiger partial charge in [-0.1, -0.05) is 0 Å². The number of methoxy groups -OCH3 is 1. The fourth-order valence-electron chi connectivity index (χ4n) is 3.87. The van der Waals surface area contributed by atoms with Gasteiger partial charge in [0.1, 0.15) is 17.9 Å². The summed E-state index contributed by atoms with van der Waals surface area (Å²) in [5.41, 5.74) is 6.15. The van der Waals surface area contributed by atoms with Gasteiger partial charge in [-0.3, -0.25) is 14.6 Å². The van der Waals surface area contributed by atoms with Crippen LogP contribution in [0.4, 0.5) is 0 Å². The first-order chi connectivity index (χ1) is 15.7. The molecule has 0 aliphatic rings. The van der Waals surface area contributed by atoms with Gasteiger partial charge >= 0.3 is 0 Å². The van der Waals surface area contributed by atoms with Gasteiger partial charge in [0.25, 0.3) is 0 Å². The molecule has 2 N–H and O–H groups in total. The standard InChI is InChI=1S/C23H18N8O/c1-13-11-31(12-27-13)23-17-7-20(28-19(17)3-4-25-23)21-18-6-15(9-26-22(18)30-29-21)14-5-16(32-2)10-24-8-14/h3-12,28H,1-2H3,(H,26,29,30). The average molecular weight is 422 g/mol. The normalized spacial score (nSPS) is 11.4. The number of ether oxygens (including phenoxy) is 1. The molecule has 0 amide bonds. The van der Waals surface area contributed by atoms with Crippen molar-refractivity contribution in [3.8, 4) is 34.1 Å². The van der Waals surface area contributed by atoms with Crippen molar-refractivity contribution in [2.45, 2.75) is 6.92 Å². The van der Waals surface area contributed by atoms with Crippen molar-refractivity contribution in [3.63, 3.8) is 0 Å². The Kier molecular flexibility index (Phi) is 4.00. The van der Waals surface area contributed by atoms with E-state index in [1.54, 1.807) is 38.2 Å². The number of aromatic amines is 2. The molecule has 0 aliphatic carbocycles. The lowest BCUT2D eigenvalue weighted by Crippen LogP contribution is -1.94. The van der Waals surface area contributed by atoms with Gasteiger partial charge in [-0.05, 0) is 31.2 Å². The molecule has 6 aromatic rings. The van der Waals surface area contributed by atoms with Crippen molar-refractivity contribution in [3.05, 3.63) is 67.3 Å². The van der Waals surface area contributed by atoms with Crippen molar-refractivity contribution >= 4 is 21.9 Å². The van der Waals surface area contributed by atoms with Crippen LogP contribution >= 0.6 is 0 Å². The topological polar surface area (TPSA) is 110 Å². The Morgan fingerprint density at radius 2 is 1.88 bits per heavy atom. The number of nitrogens with zero attached hydrogens (tertiary/aromatic N) is 6. The highest BCUT2D eigenvalue weighted by Gasteiger charge is 2.15. The number of imidazole rings is 1. The molecule has 0 aromatic carbocycles. The summed E-state index contributed by atoms with van der Waals surface area (Å²) in [6.07, 6.45) is 10.8. The second-order valence-electron chi connectivity index (χ2n) is 7.51. The highest BCUT2D eigenvalue weighted by molar-refractivity contribution is 5.97. The second kappa shape index (κ2) is 7.02. The molecule has 0 bridgehead atoms. The molecular formula is C23H18N8O. The first-order valence-electron chi connectivity index (χ1n) is 10.0. The Morgan fingerprint density at radius 3 is 2.72 bits per heavy atom. The lowest BCUT2D eigenvalue weighted by Gasteiger charge is -2.04. The van der Waals surface area contributed by atoms with E-state index in [0.29, 0.717) is 11.4 Å². The number of nitrogens with one attached hydrogen (secondary N) is 2. The van der Waals surface area contributed by atoms with Crippen LogP contribution in [-0.4, -0.2) is 46.8 Å². The number of aryl methyl sites for hydroxylation is 1. The largest absolute Gasteiger partial charge is 0.495 e. The van der Waals surface area contributed by atoms with Crippen LogP contribution in [0.25, 0.3) is 50.3 Å². The van der Waals surface area contributed by atoms with E-state index >= 15 is 0 Å². The molecule has 6 rings (SSSR count). The van der Waals surface area contributed by atoms with E-state index in [-0.39, 0.29) is 0 Å². The van der Waals surface area contributed by atoms with Gasteiger partial charge in [-0.15, -0.1) is 0 Å². The molecule has 0 radical (unpaired) electrons. The van der Waals surface area contributed by atoms with E-state index in [2.05, 4.69) is 47.2 Å². The van der Waals surface area contributed by atoms with E-state index in [1.807, 2.05) is 29.8 Å². The molecule has 0 saturated carbocycles. The summed E-state index contributed by atoms with van der Waals surface area (Å²) in [5.74, 6) is 1.51. The Hall–Kier alpha value is -4.53. The number of aromatic nitrogens is 8. The van der Waals surface area contributed by atoms with Crippen LogP contribution in [-0.2, 0) is 0 Å². The molecule has 0 unspecified atom stereocenters. The Morgan fingerprint density at radius 1 is 0.969 bits per heavy atom. The fourth-order valence-corrected chi connectivity index (χ4v) is 3.87. The van der Waals surface area contributed by atoms with Gasteiger partial charge in [0.2, 0.25) is 0 Å². The third-order valence-electron chi connectivity index (χ3n) is 5.44. The maximum absolute atomic E-state index is 5.31. The smallest absolute Gasteiger partial charge is 0.181 e. The zero-order valence-electron chi connectivity index (χ0n) is 17.4. The van der Waals surface area contributed by atoms with Gasteiger partial charge in [0.15, 0.2) is 5.65 Å². The predicted molar refractivity (Wildman–Crippen MR) is 121 cm³/mol. The first-order valence-corrected chi connectivity index (χ1v) is 10.0. The monoisotopic (exact) mass is 422 g/mol. The Labute approximate surface area is 182 Å². The van der Waals surface area contributed by atoms with E-state index in [0.717, 1.165) is 50.3 Å². The van der Waals surface area contributed by atoms with E-state index < -0.39 is 0 Å². The summed E-state index contributed by atoms with van der Waals surface area (Å²) < 4.78 is 7.23.